The standard InChI is InChI=1S/C24H21ClN2O3S2/c1-17-12-13-20(25)23-22(17)26-24(31-23)27(16-18-8-4-2-5-9-18)21(28)14-15-32(29,30)19-10-6-3-7-11-19/h2-13H,14-16H2,1H3. The molecule has 4 aromatic rings. The second-order valence-electron chi connectivity index (χ2n) is 7.39. The molecule has 0 fully saturated rings. The molecule has 32 heavy (non-hydrogen) atoms. The Balaban J connectivity index is 1.65. The predicted molar refractivity (Wildman–Crippen MR) is 130 cm³/mol. The van der Waals surface area contributed by atoms with E-state index in [2.05, 4.69) is 4.98 Å². The number of sulfone groups is 1. The van der Waals surface area contributed by atoms with Crippen molar-refractivity contribution in [3.05, 3.63) is 88.9 Å². The second kappa shape index (κ2) is 9.40. The Kier molecular flexibility index (Phi) is 6.60. The molecule has 0 radical (unpaired) electrons. The number of aromatic nitrogens is 1. The lowest BCUT2D eigenvalue weighted by Crippen LogP contribution is -2.31. The average molecular weight is 485 g/mol. The van der Waals surface area contributed by atoms with Gasteiger partial charge in [0.1, 0.15) is 0 Å². The zero-order chi connectivity index (χ0) is 22.7. The summed E-state index contributed by atoms with van der Waals surface area (Å²) in [5.41, 5.74) is 2.64. The zero-order valence-corrected chi connectivity index (χ0v) is 19.8. The Morgan fingerprint density at radius 1 is 1.00 bits per heavy atom. The number of nitrogens with zero attached hydrogens (tertiary/aromatic N) is 2. The van der Waals surface area contributed by atoms with Crippen LogP contribution in [0.2, 0.25) is 5.02 Å². The number of carbonyl (C=O) groups excluding carboxylic acids is 1. The van der Waals surface area contributed by atoms with Crippen molar-refractivity contribution in [1.29, 1.82) is 0 Å². The molecular formula is C24H21ClN2O3S2. The van der Waals surface area contributed by atoms with Gasteiger partial charge in [-0.2, -0.15) is 0 Å². The number of anilines is 1. The number of carbonyl (C=O) groups is 1. The fourth-order valence-electron chi connectivity index (χ4n) is 3.34. The summed E-state index contributed by atoms with van der Waals surface area (Å²) in [6, 6.07) is 21.4. The first-order valence-electron chi connectivity index (χ1n) is 10.0. The molecule has 0 spiro atoms. The molecule has 3 aromatic carbocycles. The molecule has 0 saturated carbocycles. The molecular weight excluding hydrogens is 464 g/mol. The number of benzene rings is 3. The summed E-state index contributed by atoms with van der Waals surface area (Å²) in [6.45, 7) is 2.24. The van der Waals surface area contributed by atoms with Crippen LogP contribution in [0.5, 0.6) is 0 Å². The lowest BCUT2D eigenvalue weighted by molar-refractivity contribution is -0.118. The van der Waals surface area contributed by atoms with Gasteiger partial charge in [-0.05, 0) is 36.2 Å². The Bertz CT molecular complexity index is 1320. The number of fused-ring (bicyclic) bond motifs is 1. The largest absolute Gasteiger partial charge is 0.284 e. The Hall–Kier alpha value is -2.74. The fraction of sp³-hybridized carbons (Fsp3) is 0.167. The molecule has 164 valence electrons. The highest BCUT2D eigenvalue weighted by molar-refractivity contribution is 7.91. The smallest absolute Gasteiger partial charge is 0.230 e. The van der Waals surface area contributed by atoms with E-state index in [4.69, 9.17) is 11.6 Å². The zero-order valence-electron chi connectivity index (χ0n) is 17.4. The van der Waals surface area contributed by atoms with Gasteiger partial charge in [0.2, 0.25) is 5.91 Å². The number of amides is 1. The van der Waals surface area contributed by atoms with Crippen molar-refractivity contribution in [3.63, 3.8) is 0 Å². The minimum absolute atomic E-state index is 0.146. The molecule has 0 saturated heterocycles. The molecule has 1 heterocycles. The summed E-state index contributed by atoms with van der Waals surface area (Å²) in [5.74, 6) is -0.576. The summed E-state index contributed by atoms with van der Waals surface area (Å²) in [6.07, 6.45) is -0.146. The Morgan fingerprint density at radius 2 is 1.66 bits per heavy atom. The van der Waals surface area contributed by atoms with Crippen LogP contribution in [0.25, 0.3) is 10.2 Å². The summed E-state index contributed by atoms with van der Waals surface area (Å²) in [4.78, 5) is 19.7. The Labute approximate surface area is 196 Å². The van der Waals surface area contributed by atoms with Crippen LogP contribution in [0.15, 0.2) is 77.7 Å². The fourth-order valence-corrected chi connectivity index (χ4v) is 5.92. The number of thiazole rings is 1. The molecule has 0 unspecified atom stereocenters. The molecule has 0 aliphatic rings. The molecule has 0 N–H and O–H groups in total. The van der Waals surface area contributed by atoms with E-state index in [1.165, 1.54) is 11.3 Å². The molecule has 0 aliphatic heterocycles. The molecule has 8 heteroatoms. The van der Waals surface area contributed by atoms with Gasteiger partial charge in [-0.3, -0.25) is 9.69 Å². The summed E-state index contributed by atoms with van der Waals surface area (Å²) < 4.78 is 26.2. The van der Waals surface area contributed by atoms with Gasteiger partial charge in [0.25, 0.3) is 0 Å². The quantitative estimate of drug-likeness (QED) is 0.339. The average Bonchev–Trinajstić information content (AvgIpc) is 3.26. The maximum absolute atomic E-state index is 13.3. The third-order valence-electron chi connectivity index (χ3n) is 5.09. The number of hydrogen-bond acceptors (Lipinski definition) is 5. The molecule has 0 atom stereocenters. The van der Waals surface area contributed by atoms with Gasteiger partial charge in [0, 0.05) is 6.42 Å². The van der Waals surface area contributed by atoms with E-state index in [0.29, 0.717) is 16.7 Å². The maximum Gasteiger partial charge on any atom is 0.230 e. The van der Waals surface area contributed by atoms with Gasteiger partial charge in [0.05, 0.1) is 32.4 Å². The Morgan fingerprint density at radius 3 is 2.31 bits per heavy atom. The molecule has 1 aromatic heterocycles. The van der Waals surface area contributed by atoms with E-state index in [1.54, 1.807) is 35.2 Å². The third kappa shape index (κ3) is 4.85. The topological polar surface area (TPSA) is 67.3 Å². The first-order chi connectivity index (χ1) is 15.3. The minimum Gasteiger partial charge on any atom is -0.284 e. The van der Waals surface area contributed by atoms with Crippen molar-refractivity contribution in [2.45, 2.75) is 24.8 Å². The molecule has 4 rings (SSSR count). The van der Waals surface area contributed by atoms with E-state index in [-0.39, 0.29) is 23.0 Å². The van der Waals surface area contributed by atoms with Crippen LogP contribution >= 0.6 is 22.9 Å². The molecule has 0 bridgehead atoms. The van der Waals surface area contributed by atoms with Crippen LogP contribution in [0, 0.1) is 6.92 Å². The monoisotopic (exact) mass is 484 g/mol. The third-order valence-corrected chi connectivity index (χ3v) is 8.36. The van der Waals surface area contributed by atoms with Crippen molar-refractivity contribution < 1.29 is 13.2 Å². The van der Waals surface area contributed by atoms with Gasteiger partial charge >= 0.3 is 0 Å². The van der Waals surface area contributed by atoms with E-state index in [9.17, 15) is 13.2 Å². The van der Waals surface area contributed by atoms with Crippen LogP contribution in [0.3, 0.4) is 0 Å². The van der Waals surface area contributed by atoms with Crippen molar-refractivity contribution in [3.8, 4) is 0 Å². The van der Waals surface area contributed by atoms with Crippen molar-refractivity contribution in [2.75, 3.05) is 10.7 Å². The van der Waals surface area contributed by atoms with Crippen LogP contribution in [0.4, 0.5) is 5.13 Å². The molecule has 5 nitrogen and oxygen atoms in total. The van der Waals surface area contributed by atoms with Crippen LogP contribution in [-0.2, 0) is 21.2 Å². The van der Waals surface area contributed by atoms with E-state index in [1.807, 2.05) is 49.4 Å². The van der Waals surface area contributed by atoms with Crippen LogP contribution in [-0.4, -0.2) is 25.1 Å². The van der Waals surface area contributed by atoms with Crippen LogP contribution < -0.4 is 4.90 Å². The highest BCUT2D eigenvalue weighted by atomic mass is 35.5. The number of aryl methyl sites for hydroxylation is 1. The normalized spacial score (nSPS) is 11.6. The van der Waals surface area contributed by atoms with E-state index in [0.717, 1.165) is 21.3 Å². The van der Waals surface area contributed by atoms with Crippen molar-refractivity contribution in [2.24, 2.45) is 0 Å². The summed E-state index contributed by atoms with van der Waals surface area (Å²) >= 11 is 7.70. The lowest BCUT2D eigenvalue weighted by atomic mass is 10.2. The van der Waals surface area contributed by atoms with Crippen LogP contribution in [0.1, 0.15) is 17.5 Å². The highest BCUT2D eigenvalue weighted by Crippen LogP contribution is 2.36. The highest BCUT2D eigenvalue weighted by Gasteiger charge is 2.24. The van der Waals surface area contributed by atoms with Crippen molar-refractivity contribution >= 4 is 54.0 Å². The van der Waals surface area contributed by atoms with E-state index >= 15 is 0 Å². The predicted octanol–water partition coefficient (Wildman–Crippen LogP) is 5.66. The minimum atomic E-state index is -3.57. The molecule has 0 aliphatic carbocycles. The maximum atomic E-state index is 13.3. The number of rotatable bonds is 7. The van der Waals surface area contributed by atoms with Gasteiger partial charge in [0.15, 0.2) is 15.0 Å². The van der Waals surface area contributed by atoms with Gasteiger partial charge in [-0.25, -0.2) is 13.4 Å². The molecule has 1 amide bonds. The van der Waals surface area contributed by atoms with Gasteiger partial charge in [-0.1, -0.05) is 77.5 Å². The first kappa shape index (κ1) is 22.5. The number of hydrogen-bond donors (Lipinski definition) is 0. The first-order valence-corrected chi connectivity index (χ1v) is 12.9. The van der Waals surface area contributed by atoms with Gasteiger partial charge in [-0.15, -0.1) is 0 Å². The lowest BCUT2D eigenvalue weighted by Gasteiger charge is -2.20. The summed E-state index contributed by atoms with van der Waals surface area (Å²) in [7, 11) is -3.57. The SMILES string of the molecule is Cc1ccc(Cl)c2sc(N(Cc3ccccc3)C(=O)CCS(=O)(=O)c3ccccc3)nc12. The van der Waals surface area contributed by atoms with E-state index < -0.39 is 9.84 Å². The van der Waals surface area contributed by atoms with Gasteiger partial charge < -0.3 is 0 Å². The second-order valence-corrected chi connectivity index (χ2v) is 10.9. The number of halogens is 1. The van der Waals surface area contributed by atoms with Crippen molar-refractivity contribution in [1.82, 2.24) is 4.98 Å². The summed E-state index contributed by atoms with van der Waals surface area (Å²) in [5, 5.41) is 1.08.